The Morgan fingerprint density at radius 2 is 1.77 bits per heavy atom. The summed E-state index contributed by atoms with van der Waals surface area (Å²) in [4.78, 5) is 0. The SMILES string of the molecule is COc1ccc(CN/N=C/c2ccc(-c3ccc(Cl)cc3)o2)cc1OC. The Labute approximate surface area is 157 Å². The van der Waals surface area contributed by atoms with Gasteiger partial charge in [-0.2, -0.15) is 5.10 Å². The lowest BCUT2D eigenvalue weighted by Gasteiger charge is -2.09. The van der Waals surface area contributed by atoms with E-state index in [0.717, 1.165) is 16.9 Å². The van der Waals surface area contributed by atoms with Gasteiger partial charge in [-0.15, -0.1) is 0 Å². The highest BCUT2D eigenvalue weighted by Crippen LogP contribution is 2.27. The van der Waals surface area contributed by atoms with Gasteiger partial charge in [-0.1, -0.05) is 17.7 Å². The molecule has 0 unspecified atom stereocenters. The summed E-state index contributed by atoms with van der Waals surface area (Å²) >= 11 is 5.90. The Balaban J connectivity index is 1.58. The maximum atomic E-state index is 5.90. The Bertz CT molecular complexity index is 888. The van der Waals surface area contributed by atoms with Crippen LogP contribution in [-0.4, -0.2) is 20.4 Å². The van der Waals surface area contributed by atoms with Crippen molar-refractivity contribution in [2.24, 2.45) is 5.10 Å². The molecule has 1 aromatic heterocycles. The van der Waals surface area contributed by atoms with Crippen LogP contribution in [-0.2, 0) is 6.54 Å². The molecule has 0 bridgehead atoms. The van der Waals surface area contributed by atoms with Crippen molar-refractivity contribution in [2.75, 3.05) is 14.2 Å². The lowest BCUT2D eigenvalue weighted by Crippen LogP contribution is -2.05. The second kappa shape index (κ2) is 8.45. The van der Waals surface area contributed by atoms with Crippen LogP contribution in [0.25, 0.3) is 11.3 Å². The van der Waals surface area contributed by atoms with Crippen LogP contribution in [0.5, 0.6) is 11.5 Å². The zero-order valence-corrected chi connectivity index (χ0v) is 15.3. The van der Waals surface area contributed by atoms with E-state index in [0.29, 0.717) is 28.8 Å². The number of rotatable bonds is 7. The molecule has 3 aromatic rings. The molecule has 0 atom stereocenters. The molecule has 1 N–H and O–H groups in total. The van der Waals surface area contributed by atoms with Gasteiger partial charge in [-0.3, -0.25) is 0 Å². The Morgan fingerprint density at radius 3 is 2.50 bits per heavy atom. The zero-order chi connectivity index (χ0) is 18.4. The summed E-state index contributed by atoms with van der Waals surface area (Å²) < 4.78 is 16.3. The minimum absolute atomic E-state index is 0.557. The van der Waals surface area contributed by atoms with E-state index in [4.69, 9.17) is 25.5 Å². The molecule has 1 heterocycles. The van der Waals surface area contributed by atoms with E-state index < -0.39 is 0 Å². The molecular weight excluding hydrogens is 352 g/mol. The monoisotopic (exact) mass is 370 g/mol. The van der Waals surface area contributed by atoms with Crippen LogP contribution in [0.4, 0.5) is 0 Å². The molecule has 3 rings (SSSR count). The number of methoxy groups -OCH3 is 2. The largest absolute Gasteiger partial charge is 0.493 e. The number of benzene rings is 2. The van der Waals surface area contributed by atoms with Gasteiger partial charge in [0.15, 0.2) is 11.5 Å². The molecular formula is C20H19ClN2O3. The van der Waals surface area contributed by atoms with Gasteiger partial charge in [-0.25, -0.2) is 0 Å². The molecule has 6 heteroatoms. The number of hydrogen-bond donors (Lipinski definition) is 1. The van der Waals surface area contributed by atoms with Crippen LogP contribution in [0, 0.1) is 0 Å². The minimum atomic E-state index is 0.557. The molecule has 134 valence electrons. The molecule has 26 heavy (non-hydrogen) atoms. The molecule has 0 radical (unpaired) electrons. The maximum Gasteiger partial charge on any atom is 0.161 e. The van der Waals surface area contributed by atoms with Gasteiger partial charge < -0.3 is 19.3 Å². The van der Waals surface area contributed by atoms with Crippen molar-refractivity contribution in [3.8, 4) is 22.8 Å². The third kappa shape index (κ3) is 4.37. The highest BCUT2D eigenvalue weighted by molar-refractivity contribution is 6.30. The summed E-state index contributed by atoms with van der Waals surface area (Å²) in [5, 5.41) is 4.89. The summed E-state index contributed by atoms with van der Waals surface area (Å²) in [6.07, 6.45) is 1.64. The number of hydrogen-bond acceptors (Lipinski definition) is 5. The van der Waals surface area contributed by atoms with Gasteiger partial charge in [0.1, 0.15) is 11.5 Å². The van der Waals surface area contributed by atoms with E-state index in [-0.39, 0.29) is 0 Å². The summed E-state index contributed by atoms with van der Waals surface area (Å²) in [6, 6.07) is 17.0. The third-order valence-electron chi connectivity index (χ3n) is 3.77. The van der Waals surface area contributed by atoms with Crippen LogP contribution in [0.15, 0.2) is 64.1 Å². The molecule has 0 spiro atoms. The lowest BCUT2D eigenvalue weighted by molar-refractivity contribution is 0.354. The first kappa shape index (κ1) is 17.9. The van der Waals surface area contributed by atoms with Crippen molar-refractivity contribution >= 4 is 17.8 Å². The Hall–Kier alpha value is -2.92. The summed E-state index contributed by atoms with van der Waals surface area (Å²) in [5.74, 6) is 2.82. The van der Waals surface area contributed by atoms with E-state index in [1.165, 1.54) is 0 Å². The van der Waals surface area contributed by atoms with E-state index >= 15 is 0 Å². The molecule has 0 aliphatic rings. The Kier molecular flexibility index (Phi) is 5.81. The van der Waals surface area contributed by atoms with E-state index in [2.05, 4.69) is 10.5 Å². The number of halogens is 1. The fraction of sp³-hybridized carbons (Fsp3) is 0.150. The second-order valence-corrected chi connectivity index (χ2v) is 5.93. The second-order valence-electron chi connectivity index (χ2n) is 5.49. The molecule has 0 aliphatic heterocycles. The first-order chi connectivity index (χ1) is 12.7. The minimum Gasteiger partial charge on any atom is -0.493 e. The van der Waals surface area contributed by atoms with Crippen molar-refractivity contribution in [3.63, 3.8) is 0 Å². The average Bonchev–Trinajstić information content (AvgIpc) is 3.14. The number of furan rings is 1. The molecule has 0 amide bonds. The average molecular weight is 371 g/mol. The van der Waals surface area contributed by atoms with Crippen molar-refractivity contribution in [1.82, 2.24) is 5.43 Å². The number of ether oxygens (including phenoxy) is 2. The van der Waals surface area contributed by atoms with Gasteiger partial charge in [0, 0.05) is 10.6 Å². The van der Waals surface area contributed by atoms with Crippen LogP contribution in [0.3, 0.4) is 0 Å². The molecule has 0 fully saturated rings. The first-order valence-corrected chi connectivity index (χ1v) is 8.40. The van der Waals surface area contributed by atoms with Gasteiger partial charge in [0.25, 0.3) is 0 Å². The summed E-state index contributed by atoms with van der Waals surface area (Å²) in [5.41, 5.74) is 4.98. The standard InChI is InChI=1S/C20H19ClN2O3/c1-24-19-9-3-14(11-20(19)25-2)12-22-23-13-17-8-10-18(26-17)15-4-6-16(21)7-5-15/h3-11,13,22H,12H2,1-2H3/b23-13+. The normalized spacial score (nSPS) is 10.9. The fourth-order valence-electron chi connectivity index (χ4n) is 2.43. The van der Waals surface area contributed by atoms with E-state index in [1.54, 1.807) is 20.4 Å². The van der Waals surface area contributed by atoms with Crippen LogP contribution >= 0.6 is 11.6 Å². The van der Waals surface area contributed by atoms with Crippen LogP contribution in [0.1, 0.15) is 11.3 Å². The van der Waals surface area contributed by atoms with Crippen molar-refractivity contribution < 1.29 is 13.9 Å². The molecule has 5 nitrogen and oxygen atoms in total. The third-order valence-corrected chi connectivity index (χ3v) is 4.02. The van der Waals surface area contributed by atoms with E-state index in [9.17, 15) is 0 Å². The maximum absolute atomic E-state index is 5.90. The first-order valence-electron chi connectivity index (χ1n) is 8.02. The number of hydrazone groups is 1. The van der Waals surface area contributed by atoms with Crippen LogP contribution in [0.2, 0.25) is 5.02 Å². The van der Waals surface area contributed by atoms with Crippen molar-refractivity contribution in [3.05, 3.63) is 70.9 Å². The zero-order valence-electron chi connectivity index (χ0n) is 14.5. The lowest BCUT2D eigenvalue weighted by atomic mass is 10.2. The smallest absolute Gasteiger partial charge is 0.161 e. The highest BCUT2D eigenvalue weighted by atomic mass is 35.5. The molecule has 2 aromatic carbocycles. The molecule has 0 saturated carbocycles. The fourth-order valence-corrected chi connectivity index (χ4v) is 2.55. The van der Waals surface area contributed by atoms with Gasteiger partial charge >= 0.3 is 0 Å². The van der Waals surface area contributed by atoms with Crippen molar-refractivity contribution in [2.45, 2.75) is 6.54 Å². The predicted molar refractivity (Wildman–Crippen MR) is 103 cm³/mol. The van der Waals surface area contributed by atoms with E-state index in [1.807, 2.05) is 54.6 Å². The molecule has 0 aliphatic carbocycles. The molecule has 0 saturated heterocycles. The summed E-state index contributed by atoms with van der Waals surface area (Å²) in [6.45, 7) is 0.557. The van der Waals surface area contributed by atoms with Crippen molar-refractivity contribution in [1.29, 1.82) is 0 Å². The number of nitrogens with zero attached hydrogens (tertiary/aromatic N) is 1. The van der Waals surface area contributed by atoms with Crippen LogP contribution < -0.4 is 14.9 Å². The summed E-state index contributed by atoms with van der Waals surface area (Å²) in [7, 11) is 3.23. The topological polar surface area (TPSA) is 56.0 Å². The number of nitrogens with one attached hydrogen (secondary N) is 1. The van der Waals surface area contributed by atoms with Gasteiger partial charge in [-0.05, 0) is 54.1 Å². The highest BCUT2D eigenvalue weighted by Gasteiger charge is 2.05. The van der Waals surface area contributed by atoms with Gasteiger partial charge in [0.2, 0.25) is 0 Å². The quantitative estimate of drug-likeness (QED) is 0.482. The van der Waals surface area contributed by atoms with Gasteiger partial charge in [0.05, 0.1) is 27.0 Å². The predicted octanol–water partition coefficient (Wildman–Crippen LogP) is 4.74. The Morgan fingerprint density at radius 1 is 1.00 bits per heavy atom.